The third kappa shape index (κ3) is 4.73. The first-order valence-electron chi connectivity index (χ1n) is 6.28. The van der Waals surface area contributed by atoms with Crippen LogP contribution in [0.3, 0.4) is 0 Å². The van der Waals surface area contributed by atoms with Crippen LogP contribution in [-0.2, 0) is 14.4 Å². The van der Waals surface area contributed by atoms with E-state index < -0.39 is 0 Å². The zero-order valence-electron chi connectivity index (χ0n) is 11.0. The average Bonchev–Trinajstić information content (AvgIpc) is 2.34. The van der Waals surface area contributed by atoms with E-state index in [0.717, 1.165) is 0 Å². The lowest BCUT2D eigenvalue weighted by molar-refractivity contribution is -0.133. The van der Waals surface area contributed by atoms with Gasteiger partial charge in [0.25, 0.3) is 0 Å². The molecule has 0 radical (unpaired) electrons. The predicted octanol–water partition coefficient (Wildman–Crippen LogP) is -0.503. The van der Waals surface area contributed by atoms with Crippen molar-refractivity contribution < 1.29 is 14.4 Å². The maximum absolute atomic E-state index is 11.8. The Morgan fingerprint density at radius 1 is 1.06 bits per heavy atom. The highest BCUT2D eigenvalue weighted by molar-refractivity contribution is 5.79. The number of likely N-dealkylation sites (tertiary alicyclic amines) is 1. The van der Waals surface area contributed by atoms with Gasteiger partial charge in [-0.3, -0.25) is 14.4 Å². The van der Waals surface area contributed by atoms with Crippen LogP contribution >= 0.6 is 0 Å². The van der Waals surface area contributed by atoms with E-state index in [1.165, 1.54) is 6.92 Å². The molecule has 1 aliphatic heterocycles. The summed E-state index contributed by atoms with van der Waals surface area (Å²) in [6.07, 6.45) is 1.43. The first kappa shape index (κ1) is 14.5. The molecule has 18 heavy (non-hydrogen) atoms. The molecule has 0 atom stereocenters. The Labute approximate surface area is 107 Å². The zero-order chi connectivity index (χ0) is 13.5. The van der Waals surface area contributed by atoms with Crippen molar-refractivity contribution in [3.05, 3.63) is 0 Å². The summed E-state index contributed by atoms with van der Waals surface area (Å²) in [4.78, 5) is 35.3. The zero-order valence-corrected chi connectivity index (χ0v) is 11.0. The van der Waals surface area contributed by atoms with Crippen LogP contribution in [-0.4, -0.2) is 48.8 Å². The summed E-state index contributed by atoms with van der Waals surface area (Å²) >= 11 is 0. The highest BCUT2D eigenvalue weighted by Crippen LogP contribution is 2.17. The Morgan fingerprint density at radius 3 is 2.11 bits per heavy atom. The molecule has 0 bridgehead atoms. The lowest BCUT2D eigenvalue weighted by Crippen LogP contribution is -2.43. The number of nitrogens with one attached hydrogen (secondary N) is 2. The third-order valence-corrected chi connectivity index (χ3v) is 3.11. The van der Waals surface area contributed by atoms with E-state index in [0.29, 0.717) is 39.0 Å². The van der Waals surface area contributed by atoms with Crippen molar-refractivity contribution in [2.75, 3.05) is 26.2 Å². The Balaban J connectivity index is 2.20. The first-order valence-corrected chi connectivity index (χ1v) is 6.28. The molecule has 1 aliphatic rings. The maximum atomic E-state index is 11.8. The molecule has 0 aromatic rings. The lowest BCUT2D eigenvalue weighted by atomic mass is 9.96. The molecule has 3 amide bonds. The van der Waals surface area contributed by atoms with E-state index in [-0.39, 0.29) is 23.6 Å². The van der Waals surface area contributed by atoms with Crippen molar-refractivity contribution >= 4 is 17.7 Å². The molecular weight excluding hydrogens is 234 g/mol. The number of piperidine rings is 1. The SMILES string of the molecule is CC(=O)NCCNC(=O)C1CCN(C(C)=O)CC1. The van der Waals surface area contributed by atoms with Gasteiger partial charge >= 0.3 is 0 Å². The van der Waals surface area contributed by atoms with Gasteiger partial charge in [0, 0.05) is 45.9 Å². The van der Waals surface area contributed by atoms with Gasteiger partial charge in [-0.2, -0.15) is 0 Å². The maximum Gasteiger partial charge on any atom is 0.223 e. The molecule has 1 saturated heterocycles. The van der Waals surface area contributed by atoms with Crippen LogP contribution in [0.2, 0.25) is 0 Å². The van der Waals surface area contributed by atoms with Crippen molar-refractivity contribution in [2.24, 2.45) is 5.92 Å². The quantitative estimate of drug-likeness (QED) is 0.665. The summed E-state index contributed by atoms with van der Waals surface area (Å²) in [6, 6.07) is 0. The van der Waals surface area contributed by atoms with Gasteiger partial charge in [-0.15, -0.1) is 0 Å². The fourth-order valence-corrected chi connectivity index (χ4v) is 2.03. The molecule has 6 nitrogen and oxygen atoms in total. The van der Waals surface area contributed by atoms with Gasteiger partial charge < -0.3 is 15.5 Å². The average molecular weight is 255 g/mol. The molecule has 2 N–H and O–H groups in total. The van der Waals surface area contributed by atoms with Crippen LogP contribution in [0.25, 0.3) is 0 Å². The molecular formula is C12H21N3O3. The van der Waals surface area contributed by atoms with Gasteiger partial charge in [0.2, 0.25) is 17.7 Å². The normalized spacial score (nSPS) is 16.2. The molecule has 1 fully saturated rings. The highest BCUT2D eigenvalue weighted by Gasteiger charge is 2.25. The molecule has 6 heteroatoms. The number of carbonyl (C=O) groups is 3. The number of carbonyl (C=O) groups excluding carboxylic acids is 3. The summed E-state index contributed by atoms with van der Waals surface area (Å²) in [5, 5.41) is 5.41. The number of amides is 3. The van der Waals surface area contributed by atoms with Crippen LogP contribution in [0, 0.1) is 5.92 Å². The van der Waals surface area contributed by atoms with Gasteiger partial charge in [0.1, 0.15) is 0 Å². The second kappa shape index (κ2) is 6.98. The minimum Gasteiger partial charge on any atom is -0.355 e. The van der Waals surface area contributed by atoms with Crippen molar-refractivity contribution in [3.63, 3.8) is 0 Å². The minimum absolute atomic E-state index is 0.0158. The highest BCUT2D eigenvalue weighted by atomic mass is 16.2. The molecule has 0 aromatic carbocycles. The molecule has 0 aromatic heterocycles. The Hall–Kier alpha value is -1.59. The summed E-state index contributed by atoms with van der Waals surface area (Å²) in [5.41, 5.74) is 0. The second-order valence-corrected chi connectivity index (χ2v) is 4.55. The van der Waals surface area contributed by atoms with Crippen molar-refractivity contribution in [2.45, 2.75) is 26.7 Å². The molecule has 0 saturated carbocycles. The van der Waals surface area contributed by atoms with Crippen molar-refractivity contribution in [3.8, 4) is 0 Å². The van der Waals surface area contributed by atoms with Gasteiger partial charge in [0.15, 0.2) is 0 Å². The summed E-state index contributed by atoms with van der Waals surface area (Å²) in [6.45, 7) is 5.20. The van der Waals surface area contributed by atoms with Crippen LogP contribution in [0.4, 0.5) is 0 Å². The minimum atomic E-state index is -0.0981. The Morgan fingerprint density at radius 2 is 1.61 bits per heavy atom. The molecule has 102 valence electrons. The van der Waals surface area contributed by atoms with E-state index in [2.05, 4.69) is 10.6 Å². The van der Waals surface area contributed by atoms with Gasteiger partial charge in [-0.1, -0.05) is 0 Å². The number of hydrogen-bond acceptors (Lipinski definition) is 3. The largest absolute Gasteiger partial charge is 0.355 e. The summed E-state index contributed by atoms with van der Waals surface area (Å²) in [7, 11) is 0. The number of nitrogens with zero attached hydrogens (tertiary/aromatic N) is 1. The van der Waals surface area contributed by atoms with E-state index in [4.69, 9.17) is 0 Å². The van der Waals surface area contributed by atoms with Crippen LogP contribution in [0.15, 0.2) is 0 Å². The molecule has 0 aliphatic carbocycles. The fraction of sp³-hybridized carbons (Fsp3) is 0.750. The van der Waals surface area contributed by atoms with E-state index in [1.807, 2.05) is 0 Å². The second-order valence-electron chi connectivity index (χ2n) is 4.55. The Kier molecular flexibility index (Phi) is 5.61. The third-order valence-electron chi connectivity index (χ3n) is 3.11. The van der Waals surface area contributed by atoms with Gasteiger partial charge in [0.05, 0.1) is 0 Å². The Bertz CT molecular complexity index is 323. The first-order chi connectivity index (χ1) is 8.50. The topological polar surface area (TPSA) is 78.5 Å². The van der Waals surface area contributed by atoms with Crippen LogP contribution < -0.4 is 10.6 Å². The molecule has 1 heterocycles. The predicted molar refractivity (Wildman–Crippen MR) is 66.7 cm³/mol. The smallest absolute Gasteiger partial charge is 0.223 e. The lowest BCUT2D eigenvalue weighted by Gasteiger charge is -2.30. The van der Waals surface area contributed by atoms with E-state index >= 15 is 0 Å². The monoisotopic (exact) mass is 255 g/mol. The standard InChI is InChI=1S/C12H21N3O3/c1-9(16)13-5-6-14-12(18)11-3-7-15(8-4-11)10(2)17/h11H,3-8H2,1-2H3,(H,13,16)(H,14,18). The number of rotatable bonds is 4. The molecule has 0 unspecified atom stereocenters. The summed E-state index contributed by atoms with van der Waals surface area (Å²) < 4.78 is 0. The summed E-state index contributed by atoms with van der Waals surface area (Å²) in [5.74, 6) is -0.0278. The van der Waals surface area contributed by atoms with Crippen molar-refractivity contribution in [1.82, 2.24) is 15.5 Å². The number of hydrogen-bond donors (Lipinski definition) is 2. The van der Waals surface area contributed by atoms with Crippen molar-refractivity contribution in [1.29, 1.82) is 0 Å². The van der Waals surface area contributed by atoms with Crippen LogP contribution in [0.1, 0.15) is 26.7 Å². The van der Waals surface area contributed by atoms with Gasteiger partial charge in [-0.05, 0) is 12.8 Å². The molecule has 1 rings (SSSR count). The van der Waals surface area contributed by atoms with E-state index in [9.17, 15) is 14.4 Å². The van der Waals surface area contributed by atoms with Gasteiger partial charge in [-0.25, -0.2) is 0 Å². The van der Waals surface area contributed by atoms with E-state index in [1.54, 1.807) is 11.8 Å². The fourth-order valence-electron chi connectivity index (χ4n) is 2.03. The van der Waals surface area contributed by atoms with Crippen LogP contribution in [0.5, 0.6) is 0 Å². The molecule has 0 spiro atoms.